The largest absolute Gasteiger partial charge is 0.344 e. The highest BCUT2D eigenvalue weighted by Crippen LogP contribution is 2.22. The second kappa shape index (κ2) is 7.17. The zero-order chi connectivity index (χ0) is 17.9. The van der Waals surface area contributed by atoms with Gasteiger partial charge < -0.3 is 4.90 Å². The van der Waals surface area contributed by atoms with E-state index in [-0.39, 0.29) is 16.0 Å². The topological polar surface area (TPSA) is 72.3 Å². The summed E-state index contributed by atoms with van der Waals surface area (Å²) in [6.07, 6.45) is 1.38. The van der Waals surface area contributed by atoms with Gasteiger partial charge in [0.15, 0.2) is 5.03 Å². The van der Waals surface area contributed by atoms with Gasteiger partial charge in [-0.2, -0.15) is 9.78 Å². The Morgan fingerprint density at radius 3 is 2.21 bits per heavy atom. The van der Waals surface area contributed by atoms with Gasteiger partial charge in [-0.3, -0.25) is 0 Å². The van der Waals surface area contributed by atoms with Gasteiger partial charge >= 0.3 is 6.03 Å². The van der Waals surface area contributed by atoms with Gasteiger partial charge in [0.1, 0.15) is 0 Å². The predicted octanol–water partition coefficient (Wildman–Crippen LogP) is 3.15. The van der Waals surface area contributed by atoms with E-state index in [1.165, 1.54) is 12.3 Å². The van der Waals surface area contributed by atoms with Gasteiger partial charge in [-0.05, 0) is 43.5 Å². The summed E-state index contributed by atoms with van der Waals surface area (Å²) in [6, 6.07) is 7.78. The second-order valence-corrected chi connectivity index (χ2v) is 7.68. The van der Waals surface area contributed by atoms with Crippen molar-refractivity contribution in [1.29, 1.82) is 0 Å². The van der Waals surface area contributed by atoms with Crippen LogP contribution in [0.2, 0.25) is 0 Å². The third kappa shape index (κ3) is 3.51. The molecule has 0 saturated carbocycles. The molecule has 0 fully saturated rings. The fraction of sp³-hybridized carbons (Fsp3) is 0.412. The standard InChI is InChI=1S/C17H23N3O3S/c1-5-19(6-2)17(21)20-12-11-16(18-20)24(22,23)15-9-7-14(8-10-15)13(3)4/h7-13H,5-6H2,1-4H3. The predicted molar refractivity (Wildman–Crippen MR) is 91.9 cm³/mol. The van der Waals surface area contributed by atoms with Crippen molar-refractivity contribution in [2.24, 2.45) is 0 Å². The van der Waals surface area contributed by atoms with Crippen molar-refractivity contribution in [3.63, 3.8) is 0 Å². The molecule has 2 aromatic rings. The van der Waals surface area contributed by atoms with E-state index in [1.807, 2.05) is 27.7 Å². The monoisotopic (exact) mass is 349 g/mol. The fourth-order valence-corrected chi connectivity index (χ4v) is 3.52. The third-order valence-corrected chi connectivity index (χ3v) is 5.59. The van der Waals surface area contributed by atoms with Crippen LogP contribution in [0.1, 0.15) is 39.2 Å². The van der Waals surface area contributed by atoms with E-state index in [9.17, 15) is 13.2 Å². The number of hydrogen-bond acceptors (Lipinski definition) is 4. The molecule has 1 aromatic carbocycles. The second-order valence-electron chi connectivity index (χ2n) is 5.78. The van der Waals surface area contributed by atoms with Crippen molar-refractivity contribution in [3.8, 4) is 0 Å². The van der Waals surface area contributed by atoms with Gasteiger partial charge in [-0.25, -0.2) is 13.2 Å². The molecule has 0 aliphatic heterocycles. The number of rotatable bonds is 5. The zero-order valence-electron chi connectivity index (χ0n) is 14.4. The third-order valence-electron chi connectivity index (χ3n) is 3.93. The molecule has 7 heteroatoms. The van der Waals surface area contributed by atoms with Crippen LogP contribution in [0.4, 0.5) is 4.79 Å². The lowest BCUT2D eigenvalue weighted by Crippen LogP contribution is -2.34. The maximum absolute atomic E-state index is 12.7. The molecule has 24 heavy (non-hydrogen) atoms. The molecule has 0 radical (unpaired) electrons. The van der Waals surface area contributed by atoms with Gasteiger partial charge in [0.25, 0.3) is 0 Å². The van der Waals surface area contributed by atoms with Gasteiger partial charge in [0.2, 0.25) is 9.84 Å². The Bertz CT molecular complexity index is 804. The van der Waals surface area contributed by atoms with Crippen LogP contribution in [0.15, 0.2) is 46.5 Å². The number of nitrogens with zero attached hydrogens (tertiary/aromatic N) is 3. The highest BCUT2D eigenvalue weighted by Gasteiger charge is 2.23. The van der Waals surface area contributed by atoms with Crippen LogP contribution in [0, 0.1) is 0 Å². The summed E-state index contributed by atoms with van der Waals surface area (Å²) < 4.78 is 26.4. The van der Waals surface area contributed by atoms with E-state index in [2.05, 4.69) is 5.10 Å². The maximum Gasteiger partial charge on any atom is 0.344 e. The summed E-state index contributed by atoms with van der Waals surface area (Å²) >= 11 is 0. The highest BCUT2D eigenvalue weighted by molar-refractivity contribution is 7.91. The number of hydrogen-bond donors (Lipinski definition) is 0. The van der Waals surface area contributed by atoms with Crippen LogP contribution in [0.5, 0.6) is 0 Å². The maximum atomic E-state index is 12.7. The summed E-state index contributed by atoms with van der Waals surface area (Å²) in [5.41, 5.74) is 1.07. The first-order valence-corrected chi connectivity index (χ1v) is 9.49. The smallest absolute Gasteiger partial charge is 0.323 e. The Morgan fingerprint density at radius 1 is 1.12 bits per heavy atom. The molecule has 0 saturated heterocycles. The fourth-order valence-electron chi connectivity index (χ4n) is 2.35. The molecule has 1 amide bonds. The van der Waals surface area contributed by atoms with E-state index in [1.54, 1.807) is 29.2 Å². The molecule has 130 valence electrons. The lowest BCUT2D eigenvalue weighted by Gasteiger charge is -2.17. The SMILES string of the molecule is CCN(CC)C(=O)n1ccc(S(=O)(=O)c2ccc(C(C)C)cc2)n1. The van der Waals surface area contributed by atoms with Gasteiger partial charge in [-0.15, -0.1) is 0 Å². The van der Waals surface area contributed by atoms with Crippen molar-refractivity contribution in [3.05, 3.63) is 42.1 Å². The Labute approximate surface area is 143 Å². The molecule has 0 unspecified atom stereocenters. The molecule has 0 N–H and O–H groups in total. The van der Waals surface area contributed by atoms with Crippen LogP contribution in [0.25, 0.3) is 0 Å². The Hall–Kier alpha value is -2.15. The molecule has 2 rings (SSSR count). The van der Waals surface area contributed by atoms with Gasteiger partial charge in [0, 0.05) is 19.3 Å². The number of carbonyl (C=O) groups is 1. The number of sulfone groups is 1. The molecular weight excluding hydrogens is 326 g/mol. The summed E-state index contributed by atoms with van der Waals surface area (Å²) in [4.78, 5) is 14.0. The summed E-state index contributed by atoms with van der Waals surface area (Å²) in [7, 11) is -3.74. The van der Waals surface area contributed by atoms with Crippen LogP contribution >= 0.6 is 0 Å². The minimum atomic E-state index is -3.74. The van der Waals surface area contributed by atoms with E-state index in [4.69, 9.17) is 0 Å². The molecular formula is C17H23N3O3S. The first kappa shape index (κ1) is 18.2. The summed E-state index contributed by atoms with van der Waals surface area (Å²) in [5, 5.41) is 3.85. The minimum absolute atomic E-state index is 0.125. The average molecular weight is 349 g/mol. The van der Waals surface area contributed by atoms with E-state index < -0.39 is 9.84 Å². The molecule has 1 heterocycles. The average Bonchev–Trinajstić information content (AvgIpc) is 3.06. The van der Waals surface area contributed by atoms with E-state index in [0.717, 1.165) is 10.2 Å². The summed E-state index contributed by atoms with van der Waals surface area (Å²) in [5.74, 6) is 0.327. The van der Waals surface area contributed by atoms with Crippen LogP contribution in [-0.4, -0.2) is 42.2 Å². The lowest BCUT2D eigenvalue weighted by molar-refractivity contribution is 0.201. The Balaban J connectivity index is 2.32. The zero-order valence-corrected chi connectivity index (χ0v) is 15.2. The Kier molecular flexibility index (Phi) is 5.43. The molecule has 0 bridgehead atoms. The lowest BCUT2D eigenvalue weighted by atomic mass is 10.0. The molecule has 0 atom stereocenters. The van der Waals surface area contributed by atoms with Gasteiger partial charge in [-0.1, -0.05) is 26.0 Å². The number of aromatic nitrogens is 2. The normalized spacial score (nSPS) is 11.7. The van der Waals surface area contributed by atoms with E-state index >= 15 is 0 Å². The van der Waals surface area contributed by atoms with Gasteiger partial charge in [0.05, 0.1) is 4.90 Å². The number of amides is 1. The quantitative estimate of drug-likeness (QED) is 0.831. The van der Waals surface area contributed by atoms with Crippen LogP contribution in [0.3, 0.4) is 0 Å². The molecule has 0 aliphatic rings. The first-order chi connectivity index (χ1) is 11.3. The minimum Gasteiger partial charge on any atom is -0.323 e. The van der Waals surface area contributed by atoms with Crippen molar-refractivity contribution in [2.45, 2.75) is 43.5 Å². The molecule has 1 aromatic heterocycles. The Morgan fingerprint density at radius 2 is 1.71 bits per heavy atom. The highest BCUT2D eigenvalue weighted by atomic mass is 32.2. The van der Waals surface area contributed by atoms with Crippen molar-refractivity contribution >= 4 is 15.9 Å². The van der Waals surface area contributed by atoms with Crippen LogP contribution in [-0.2, 0) is 9.84 Å². The number of carbonyl (C=O) groups excluding carboxylic acids is 1. The van der Waals surface area contributed by atoms with Crippen molar-refractivity contribution in [2.75, 3.05) is 13.1 Å². The first-order valence-electron chi connectivity index (χ1n) is 8.01. The summed E-state index contributed by atoms with van der Waals surface area (Å²) in [6.45, 7) is 8.88. The van der Waals surface area contributed by atoms with E-state index in [0.29, 0.717) is 19.0 Å². The molecule has 6 nitrogen and oxygen atoms in total. The molecule has 0 spiro atoms. The van der Waals surface area contributed by atoms with Crippen LogP contribution < -0.4 is 0 Å². The van der Waals surface area contributed by atoms with Crippen molar-refractivity contribution < 1.29 is 13.2 Å². The number of benzene rings is 1. The van der Waals surface area contributed by atoms with Crippen molar-refractivity contribution in [1.82, 2.24) is 14.7 Å². The molecule has 0 aliphatic carbocycles.